The predicted molar refractivity (Wildman–Crippen MR) is 123 cm³/mol. The molecular formula is C26H28N2O5. The smallest absolute Gasteiger partial charge is 0.337 e. The van der Waals surface area contributed by atoms with Crippen molar-refractivity contribution in [1.29, 1.82) is 0 Å². The Balaban J connectivity index is 1.64. The average Bonchev–Trinajstić information content (AvgIpc) is 3.13. The number of methoxy groups -OCH3 is 1. The van der Waals surface area contributed by atoms with E-state index in [4.69, 9.17) is 4.74 Å². The van der Waals surface area contributed by atoms with Gasteiger partial charge in [-0.25, -0.2) is 9.69 Å². The summed E-state index contributed by atoms with van der Waals surface area (Å²) in [6.07, 6.45) is 4.70. The molecule has 2 aromatic carbocycles. The highest BCUT2D eigenvalue weighted by Crippen LogP contribution is 2.32. The van der Waals surface area contributed by atoms with Crippen LogP contribution in [-0.2, 0) is 14.3 Å². The Bertz CT molecular complexity index is 1060. The monoisotopic (exact) mass is 448 g/mol. The summed E-state index contributed by atoms with van der Waals surface area (Å²) in [6, 6.07) is 12.5. The van der Waals surface area contributed by atoms with Crippen molar-refractivity contribution in [1.82, 2.24) is 4.90 Å². The lowest BCUT2D eigenvalue weighted by Gasteiger charge is -2.37. The number of carbonyl (C=O) groups is 4. The number of rotatable bonds is 5. The topological polar surface area (TPSA) is 84.0 Å². The third kappa shape index (κ3) is 4.53. The Kier molecular flexibility index (Phi) is 6.58. The Morgan fingerprint density at radius 2 is 1.52 bits per heavy atom. The van der Waals surface area contributed by atoms with Crippen molar-refractivity contribution in [3.8, 4) is 0 Å². The van der Waals surface area contributed by atoms with Crippen LogP contribution in [0.2, 0.25) is 0 Å². The lowest BCUT2D eigenvalue weighted by Crippen LogP contribution is -2.51. The highest BCUT2D eigenvalue weighted by atomic mass is 16.5. The van der Waals surface area contributed by atoms with Crippen LogP contribution in [0.4, 0.5) is 5.69 Å². The van der Waals surface area contributed by atoms with Gasteiger partial charge in [0.2, 0.25) is 5.91 Å². The third-order valence-corrected chi connectivity index (χ3v) is 6.51. The van der Waals surface area contributed by atoms with Crippen molar-refractivity contribution < 1.29 is 23.9 Å². The van der Waals surface area contributed by atoms with Crippen LogP contribution >= 0.6 is 0 Å². The van der Waals surface area contributed by atoms with E-state index < -0.39 is 17.9 Å². The van der Waals surface area contributed by atoms with Crippen LogP contribution in [0.3, 0.4) is 0 Å². The maximum atomic E-state index is 13.6. The van der Waals surface area contributed by atoms with Gasteiger partial charge in [-0.1, -0.05) is 37.0 Å². The highest BCUT2D eigenvalue weighted by molar-refractivity contribution is 6.23. The molecule has 1 saturated carbocycles. The number of esters is 1. The predicted octanol–water partition coefficient (Wildman–Crippen LogP) is 3.89. The zero-order chi connectivity index (χ0) is 23.5. The molecule has 0 radical (unpaired) electrons. The normalized spacial score (nSPS) is 19.0. The fraction of sp³-hybridized carbons (Fsp3) is 0.385. The highest BCUT2D eigenvalue weighted by Gasteiger charge is 2.46. The number of amides is 3. The first kappa shape index (κ1) is 22.7. The van der Waals surface area contributed by atoms with Crippen molar-refractivity contribution >= 4 is 29.4 Å². The second-order valence-electron chi connectivity index (χ2n) is 8.70. The number of aryl methyl sites for hydroxylation is 1. The number of carbonyl (C=O) groups excluding carboxylic acids is 4. The van der Waals surface area contributed by atoms with Crippen LogP contribution in [0.25, 0.3) is 0 Å². The molecule has 0 aromatic heterocycles. The Morgan fingerprint density at radius 1 is 0.909 bits per heavy atom. The molecule has 2 fully saturated rings. The standard InChI is InChI=1S/C26H28N2O5/c1-17-8-10-18(11-9-17)24(30)27(20-6-4-3-5-7-20)22-16-23(29)28(25(22)31)21-14-12-19(13-15-21)26(32)33-2/h8-15,20,22H,3-7,16H2,1-2H3. The Morgan fingerprint density at radius 3 is 2.12 bits per heavy atom. The molecule has 33 heavy (non-hydrogen) atoms. The molecule has 1 aliphatic heterocycles. The molecular weight excluding hydrogens is 420 g/mol. The number of nitrogens with zero attached hydrogens (tertiary/aromatic N) is 2. The first-order valence-corrected chi connectivity index (χ1v) is 11.3. The fourth-order valence-corrected chi connectivity index (χ4v) is 4.74. The molecule has 172 valence electrons. The van der Waals surface area contributed by atoms with Gasteiger partial charge in [0.15, 0.2) is 0 Å². The molecule has 1 aliphatic carbocycles. The van der Waals surface area contributed by atoms with Gasteiger partial charge in [0.25, 0.3) is 11.8 Å². The van der Waals surface area contributed by atoms with Crippen molar-refractivity contribution in [3.05, 3.63) is 65.2 Å². The van der Waals surface area contributed by atoms with Crippen LogP contribution in [0.15, 0.2) is 48.5 Å². The van der Waals surface area contributed by atoms with Gasteiger partial charge in [0.1, 0.15) is 6.04 Å². The summed E-state index contributed by atoms with van der Waals surface area (Å²) in [5, 5.41) is 0. The van der Waals surface area contributed by atoms with Gasteiger partial charge in [-0.05, 0) is 56.2 Å². The zero-order valence-electron chi connectivity index (χ0n) is 19.0. The van der Waals surface area contributed by atoms with Crippen molar-refractivity contribution in [2.24, 2.45) is 0 Å². The number of benzene rings is 2. The van der Waals surface area contributed by atoms with Crippen LogP contribution in [0.1, 0.15) is 64.8 Å². The van der Waals surface area contributed by atoms with E-state index in [1.54, 1.807) is 29.2 Å². The third-order valence-electron chi connectivity index (χ3n) is 6.51. The van der Waals surface area contributed by atoms with E-state index in [0.717, 1.165) is 42.6 Å². The number of ether oxygens (including phenoxy) is 1. The number of imide groups is 1. The minimum Gasteiger partial charge on any atom is -0.465 e. The lowest BCUT2D eigenvalue weighted by molar-refractivity contribution is -0.123. The van der Waals surface area contributed by atoms with E-state index in [0.29, 0.717) is 16.8 Å². The van der Waals surface area contributed by atoms with Crippen LogP contribution in [-0.4, -0.2) is 47.8 Å². The second kappa shape index (κ2) is 9.57. The van der Waals surface area contributed by atoms with Gasteiger partial charge in [-0.3, -0.25) is 14.4 Å². The van der Waals surface area contributed by atoms with Crippen molar-refractivity contribution in [3.63, 3.8) is 0 Å². The van der Waals surface area contributed by atoms with Gasteiger partial charge in [0, 0.05) is 11.6 Å². The molecule has 2 aliphatic rings. The molecule has 1 saturated heterocycles. The Labute approximate surface area is 193 Å². The molecule has 0 bridgehead atoms. The van der Waals surface area contributed by atoms with Crippen LogP contribution in [0.5, 0.6) is 0 Å². The molecule has 0 N–H and O–H groups in total. The maximum Gasteiger partial charge on any atom is 0.337 e. The van der Waals surface area contributed by atoms with Gasteiger partial charge < -0.3 is 9.64 Å². The first-order valence-electron chi connectivity index (χ1n) is 11.3. The largest absolute Gasteiger partial charge is 0.465 e. The SMILES string of the molecule is COC(=O)c1ccc(N2C(=O)CC(N(C(=O)c3ccc(C)cc3)C3CCCCC3)C2=O)cc1. The molecule has 0 spiro atoms. The summed E-state index contributed by atoms with van der Waals surface area (Å²) in [6.45, 7) is 1.95. The van der Waals surface area contributed by atoms with E-state index in [1.165, 1.54) is 19.2 Å². The Hall–Kier alpha value is -3.48. The average molecular weight is 449 g/mol. The summed E-state index contributed by atoms with van der Waals surface area (Å²) in [5.74, 6) is -1.47. The summed E-state index contributed by atoms with van der Waals surface area (Å²) >= 11 is 0. The molecule has 2 aromatic rings. The number of hydrogen-bond acceptors (Lipinski definition) is 5. The van der Waals surface area contributed by atoms with Gasteiger partial charge >= 0.3 is 5.97 Å². The van der Waals surface area contributed by atoms with Crippen molar-refractivity contribution in [2.75, 3.05) is 12.0 Å². The quantitative estimate of drug-likeness (QED) is 0.512. The minimum atomic E-state index is -0.838. The van der Waals surface area contributed by atoms with Gasteiger partial charge in [0.05, 0.1) is 24.8 Å². The van der Waals surface area contributed by atoms with E-state index in [9.17, 15) is 19.2 Å². The molecule has 7 nitrogen and oxygen atoms in total. The molecule has 3 amide bonds. The van der Waals surface area contributed by atoms with E-state index in [2.05, 4.69) is 0 Å². The molecule has 7 heteroatoms. The van der Waals surface area contributed by atoms with E-state index in [1.807, 2.05) is 19.1 Å². The number of hydrogen-bond donors (Lipinski definition) is 0. The van der Waals surface area contributed by atoms with Gasteiger partial charge in [-0.15, -0.1) is 0 Å². The van der Waals surface area contributed by atoms with E-state index in [-0.39, 0.29) is 24.3 Å². The summed E-state index contributed by atoms with van der Waals surface area (Å²) < 4.78 is 4.70. The molecule has 1 unspecified atom stereocenters. The minimum absolute atomic E-state index is 0.0499. The summed E-state index contributed by atoms with van der Waals surface area (Å²) in [7, 11) is 1.29. The molecule has 4 rings (SSSR count). The molecule has 1 heterocycles. The van der Waals surface area contributed by atoms with Crippen molar-refractivity contribution in [2.45, 2.75) is 57.5 Å². The first-order chi connectivity index (χ1) is 15.9. The van der Waals surface area contributed by atoms with Crippen LogP contribution in [0, 0.1) is 6.92 Å². The zero-order valence-corrected chi connectivity index (χ0v) is 19.0. The van der Waals surface area contributed by atoms with Gasteiger partial charge in [-0.2, -0.15) is 0 Å². The summed E-state index contributed by atoms with van der Waals surface area (Å²) in [4.78, 5) is 54.5. The van der Waals surface area contributed by atoms with E-state index >= 15 is 0 Å². The maximum absolute atomic E-state index is 13.6. The molecule has 1 atom stereocenters. The second-order valence-corrected chi connectivity index (χ2v) is 8.70. The lowest BCUT2D eigenvalue weighted by atomic mass is 9.92. The van der Waals surface area contributed by atoms with Crippen LogP contribution < -0.4 is 4.90 Å². The number of anilines is 1. The summed E-state index contributed by atoms with van der Waals surface area (Å²) in [5.41, 5.74) is 2.28. The fourth-order valence-electron chi connectivity index (χ4n) is 4.74.